The summed E-state index contributed by atoms with van der Waals surface area (Å²) in [7, 11) is 0. The smallest absolute Gasteiger partial charge is 0.274 e. The standard InChI is InChI=1S/C14H18N2O/c1-4-7-12-11(3)14(17)16(15-12)13-9-6-5-8-10(13)2/h5-6,8-9,15H,4,7H2,1-3H3. The first-order chi connectivity index (χ1) is 8.15. The average Bonchev–Trinajstić information content (AvgIpc) is 2.59. The minimum Gasteiger partial charge on any atom is -0.295 e. The first kappa shape index (κ1) is 11.7. The lowest BCUT2D eigenvalue weighted by Gasteiger charge is -2.05. The van der Waals surface area contributed by atoms with Crippen LogP contribution in [0.5, 0.6) is 0 Å². The third kappa shape index (κ3) is 2.05. The Labute approximate surface area is 101 Å². The summed E-state index contributed by atoms with van der Waals surface area (Å²) in [5, 5.41) is 3.21. The molecule has 1 aromatic heterocycles. The van der Waals surface area contributed by atoms with Crippen LogP contribution in [-0.2, 0) is 6.42 Å². The highest BCUT2D eigenvalue weighted by molar-refractivity contribution is 5.40. The van der Waals surface area contributed by atoms with Crippen molar-refractivity contribution < 1.29 is 0 Å². The zero-order chi connectivity index (χ0) is 12.4. The summed E-state index contributed by atoms with van der Waals surface area (Å²) in [4.78, 5) is 12.1. The van der Waals surface area contributed by atoms with Crippen molar-refractivity contribution in [3.63, 3.8) is 0 Å². The highest BCUT2D eigenvalue weighted by Crippen LogP contribution is 2.12. The molecular weight excluding hydrogens is 212 g/mol. The topological polar surface area (TPSA) is 37.8 Å². The number of benzene rings is 1. The van der Waals surface area contributed by atoms with Crippen LogP contribution in [0.25, 0.3) is 5.69 Å². The summed E-state index contributed by atoms with van der Waals surface area (Å²) in [5.41, 5.74) is 3.96. The molecule has 3 heteroatoms. The van der Waals surface area contributed by atoms with Crippen LogP contribution in [0, 0.1) is 13.8 Å². The minimum atomic E-state index is 0.0581. The fourth-order valence-electron chi connectivity index (χ4n) is 2.04. The number of aromatic amines is 1. The molecule has 90 valence electrons. The highest BCUT2D eigenvalue weighted by atomic mass is 16.1. The van der Waals surface area contributed by atoms with E-state index < -0.39 is 0 Å². The Morgan fingerprint density at radius 3 is 2.59 bits per heavy atom. The van der Waals surface area contributed by atoms with E-state index in [9.17, 15) is 4.79 Å². The number of rotatable bonds is 3. The molecule has 0 radical (unpaired) electrons. The van der Waals surface area contributed by atoms with Gasteiger partial charge in [0.1, 0.15) is 0 Å². The molecular formula is C14H18N2O. The number of H-pyrrole nitrogens is 1. The zero-order valence-corrected chi connectivity index (χ0v) is 10.6. The van der Waals surface area contributed by atoms with Crippen LogP contribution in [0.3, 0.4) is 0 Å². The Morgan fingerprint density at radius 2 is 1.94 bits per heavy atom. The Morgan fingerprint density at radius 1 is 1.24 bits per heavy atom. The Bertz CT molecular complexity index is 578. The van der Waals surface area contributed by atoms with Gasteiger partial charge in [0.2, 0.25) is 0 Å². The van der Waals surface area contributed by atoms with Gasteiger partial charge in [-0.25, -0.2) is 4.68 Å². The molecule has 0 saturated heterocycles. The second-order valence-electron chi connectivity index (χ2n) is 4.39. The molecule has 2 aromatic rings. The van der Waals surface area contributed by atoms with Crippen LogP contribution in [0.4, 0.5) is 0 Å². The van der Waals surface area contributed by atoms with Crippen LogP contribution >= 0.6 is 0 Å². The maximum atomic E-state index is 12.1. The first-order valence-electron chi connectivity index (χ1n) is 6.01. The van der Waals surface area contributed by atoms with Crippen LogP contribution in [0.1, 0.15) is 30.2 Å². The lowest BCUT2D eigenvalue weighted by molar-refractivity contribution is 0.789. The largest absolute Gasteiger partial charge is 0.295 e. The van der Waals surface area contributed by atoms with Crippen molar-refractivity contribution in [2.24, 2.45) is 0 Å². The van der Waals surface area contributed by atoms with Gasteiger partial charge in [-0.3, -0.25) is 9.89 Å². The molecule has 0 aliphatic heterocycles. The number of aromatic nitrogens is 2. The lowest BCUT2D eigenvalue weighted by atomic mass is 10.2. The molecule has 0 aliphatic carbocycles. The van der Waals surface area contributed by atoms with E-state index in [0.717, 1.165) is 35.3 Å². The molecule has 0 bridgehead atoms. The Hall–Kier alpha value is -1.77. The monoisotopic (exact) mass is 230 g/mol. The summed E-state index contributed by atoms with van der Waals surface area (Å²) in [6, 6.07) is 7.90. The number of hydrogen-bond donors (Lipinski definition) is 1. The predicted molar refractivity (Wildman–Crippen MR) is 69.9 cm³/mol. The Balaban J connectivity index is 2.58. The molecule has 1 N–H and O–H groups in total. The molecule has 3 nitrogen and oxygen atoms in total. The third-order valence-electron chi connectivity index (χ3n) is 3.08. The number of nitrogens with one attached hydrogen (secondary N) is 1. The maximum Gasteiger partial charge on any atom is 0.274 e. The average molecular weight is 230 g/mol. The quantitative estimate of drug-likeness (QED) is 0.865. The van der Waals surface area contributed by atoms with E-state index >= 15 is 0 Å². The third-order valence-corrected chi connectivity index (χ3v) is 3.08. The summed E-state index contributed by atoms with van der Waals surface area (Å²) in [6.45, 7) is 6.01. The van der Waals surface area contributed by atoms with Crippen molar-refractivity contribution >= 4 is 0 Å². The number of nitrogens with zero attached hydrogens (tertiary/aromatic N) is 1. The minimum absolute atomic E-state index is 0.0581. The van der Waals surface area contributed by atoms with Gasteiger partial charge in [0.15, 0.2) is 0 Å². The molecule has 2 rings (SSSR count). The normalized spacial score (nSPS) is 10.8. The van der Waals surface area contributed by atoms with Crippen molar-refractivity contribution in [2.45, 2.75) is 33.6 Å². The second kappa shape index (κ2) is 4.62. The summed E-state index contributed by atoms with van der Waals surface area (Å²) < 4.78 is 1.65. The molecule has 0 amide bonds. The highest BCUT2D eigenvalue weighted by Gasteiger charge is 2.11. The van der Waals surface area contributed by atoms with Crippen molar-refractivity contribution in [3.05, 3.63) is 51.4 Å². The van der Waals surface area contributed by atoms with Gasteiger partial charge < -0.3 is 0 Å². The van der Waals surface area contributed by atoms with Crippen LogP contribution in [0.15, 0.2) is 29.1 Å². The summed E-state index contributed by atoms with van der Waals surface area (Å²) >= 11 is 0. The van der Waals surface area contributed by atoms with Gasteiger partial charge in [-0.1, -0.05) is 31.5 Å². The molecule has 17 heavy (non-hydrogen) atoms. The first-order valence-corrected chi connectivity index (χ1v) is 6.01. The van der Waals surface area contributed by atoms with Gasteiger partial charge in [-0.15, -0.1) is 0 Å². The molecule has 0 aliphatic rings. The number of hydrogen-bond acceptors (Lipinski definition) is 1. The predicted octanol–water partition coefficient (Wildman–Crippen LogP) is 2.73. The van der Waals surface area contributed by atoms with E-state index in [-0.39, 0.29) is 5.56 Å². The van der Waals surface area contributed by atoms with Crippen molar-refractivity contribution in [1.82, 2.24) is 9.78 Å². The molecule has 0 atom stereocenters. The van der Waals surface area contributed by atoms with Gasteiger partial charge in [0.25, 0.3) is 5.56 Å². The van der Waals surface area contributed by atoms with Crippen LogP contribution in [-0.4, -0.2) is 9.78 Å². The van der Waals surface area contributed by atoms with Gasteiger partial charge in [-0.2, -0.15) is 0 Å². The molecule has 0 saturated carbocycles. The zero-order valence-electron chi connectivity index (χ0n) is 10.6. The van der Waals surface area contributed by atoms with Crippen molar-refractivity contribution in [2.75, 3.05) is 0 Å². The summed E-state index contributed by atoms with van der Waals surface area (Å²) in [5.74, 6) is 0. The maximum absolute atomic E-state index is 12.1. The van der Waals surface area contributed by atoms with Crippen molar-refractivity contribution in [1.29, 1.82) is 0 Å². The molecule has 0 unspecified atom stereocenters. The Kier molecular flexibility index (Phi) is 3.18. The fourth-order valence-corrected chi connectivity index (χ4v) is 2.04. The van der Waals surface area contributed by atoms with Crippen LogP contribution < -0.4 is 5.56 Å². The number of para-hydroxylation sites is 1. The summed E-state index contributed by atoms with van der Waals surface area (Å²) in [6.07, 6.45) is 1.95. The van der Waals surface area contributed by atoms with Gasteiger partial charge >= 0.3 is 0 Å². The van der Waals surface area contributed by atoms with Gasteiger partial charge in [-0.05, 0) is 31.9 Å². The molecule has 0 fully saturated rings. The van der Waals surface area contributed by atoms with E-state index in [0.29, 0.717) is 0 Å². The molecule has 1 aromatic carbocycles. The fraction of sp³-hybridized carbons (Fsp3) is 0.357. The van der Waals surface area contributed by atoms with Crippen molar-refractivity contribution in [3.8, 4) is 5.69 Å². The molecule has 1 heterocycles. The van der Waals surface area contributed by atoms with Gasteiger partial charge in [0.05, 0.1) is 5.69 Å². The van der Waals surface area contributed by atoms with E-state index in [1.807, 2.05) is 38.1 Å². The molecule has 0 spiro atoms. The van der Waals surface area contributed by atoms with E-state index in [4.69, 9.17) is 0 Å². The lowest BCUT2D eigenvalue weighted by Crippen LogP contribution is -2.16. The van der Waals surface area contributed by atoms with Crippen LogP contribution in [0.2, 0.25) is 0 Å². The van der Waals surface area contributed by atoms with E-state index in [1.165, 1.54) is 0 Å². The van der Waals surface area contributed by atoms with E-state index in [2.05, 4.69) is 12.0 Å². The number of aryl methyl sites for hydroxylation is 2. The van der Waals surface area contributed by atoms with Gasteiger partial charge in [0, 0.05) is 11.3 Å². The SMILES string of the molecule is CCCc1[nH]n(-c2ccccc2C)c(=O)c1C. The van der Waals surface area contributed by atoms with E-state index in [1.54, 1.807) is 4.68 Å². The second-order valence-corrected chi connectivity index (χ2v) is 4.39.